The molecule has 1 atom stereocenters. The van der Waals surface area contributed by atoms with E-state index in [2.05, 4.69) is 5.16 Å². The molecule has 0 spiro atoms. The predicted molar refractivity (Wildman–Crippen MR) is 66.5 cm³/mol. The fourth-order valence-electron chi connectivity index (χ4n) is 2.13. The summed E-state index contributed by atoms with van der Waals surface area (Å²) in [6, 6.07) is 1.14. The minimum atomic E-state index is -3.05. The SMILES string of the molecule is COCCN(C(=O)c1ccno1)C1CCS(=O)(=O)C1. The highest BCUT2D eigenvalue weighted by atomic mass is 32.2. The van der Waals surface area contributed by atoms with Crippen LogP contribution in [0.4, 0.5) is 0 Å². The van der Waals surface area contributed by atoms with Gasteiger partial charge in [0.1, 0.15) is 0 Å². The third-order valence-electron chi connectivity index (χ3n) is 3.09. The molecule has 8 heteroatoms. The summed E-state index contributed by atoms with van der Waals surface area (Å²) in [4.78, 5) is 13.7. The van der Waals surface area contributed by atoms with E-state index >= 15 is 0 Å². The van der Waals surface area contributed by atoms with Crippen LogP contribution in [-0.4, -0.2) is 62.2 Å². The lowest BCUT2D eigenvalue weighted by atomic mass is 10.2. The van der Waals surface area contributed by atoms with Crippen molar-refractivity contribution in [2.24, 2.45) is 0 Å². The van der Waals surface area contributed by atoms with Crippen molar-refractivity contribution in [2.75, 3.05) is 31.8 Å². The molecule has 0 bridgehead atoms. The summed E-state index contributed by atoms with van der Waals surface area (Å²) in [6.07, 6.45) is 1.83. The number of ether oxygens (including phenoxy) is 1. The zero-order valence-electron chi connectivity index (χ0n) is 10.6. The third kappa shape index (κ3) is 3.32. The number of carbonyl (C=O) groups excluding carboxylic acids is 1. The summed E-state index contributed by atoms with van der Waals surface area (Å²) >= 11 is 0. The molecule has 0 saturated carbocycles. The van der Waals surface area contributed by atoms with Gasteiger partial charge in [-0.2, -0.15) is 0 Å². The second-order valence-electron chi connectivity index (χ2n) is 4.42. The van der Waals surface area contributed by atoms with Crippen LogP contribution in [0.5, 0.6) is 0 Å². The number of hydrogen-bond donors (Lipinski definition) is 0. The number of rotatable bonds is 5. The molecule has 19 heavy (non-hydrogen) atoms. The van der Waals surface area contributed by atoms with Crippen molar-refractivity contribution < 1.29 is 22.5 Å². The normalized spacial score (nSPS) is 21.4. The van der Waals surface area contributed by atoms with E-state index in [1.807, 2.05) is 0 Å². The van der Waals surface area contributed by atoms with E-state index in [1.165, 1.54) is 24.3 Å². The van der Waals surface area contributed by atoms with Crippen molar-refractivity contribution in [2.45, 2.75) is 12.5 Å². The van der Waals surface area contributed by atoms with Crippen molar-refractivity contribution in [1.82, 2.24) is 10.1 Å². The molecule has 2 heterocycles. The van der Waals surface area contributed by atoms with Crippen LogP contribution in [0.25, 0.3) is 0 Å². The quantitative estimate of drug-likeness (QED) is 0.754. The van der Waals surface area contributed by atoms with Crippen molar-refractivity contribution in [3.05, 3.63) is 18.0 Å². The van der Waals surface area contributed by atoms with Crippen molar-refractivity contribution in [1.29, 1.82) is 0 Å². The number of aromatic nitrogens is 1. The second-order valence-corrected chi connectivity index (χ2v) is 6.65. The monoisotopic (exact) mass is 288 g/mol. The highest BCUT2D eigenvalue weighted by Gasteiger charge is 2.35. The van der Waals surface area contributed by atoms with Gasteiger partial charge in [0.15, 0.2) is 9.84 Å². The lowest BCUT2D eigenvalue weighted by molar-refractivity contribution is 0.0584. The first-order valence-corrected chi connectivity index (χ1v) is 7.76. The van der Waals surface area contributed by atoms with Gasteiger partial charge in [-0.05, 0) is 6.42 Å². The Balaban J connectivity index is 2.14. The molecule has 1 unspecified atom stereocenters. The van der Waals surface area contributed by atoms with Gasteiger partial charge in [0.25, 0.3) is 5.91 Å². The molecule has 1 amide bonds. The molecule has 1 fully saturated rings. The molecule has 0 aromatic carbocycles. The minimum Gasteiger partial charge on any atom is -0.383 e. The molecule has 2 rings (SSSR count). The van der Waals surface area contributed by atoms with Gasteiger partial charge in [-0.1, -0.05) is 5.16 Å². The van der Waals surface area contributed by atoms with E-state index in [0.717, 1.165) is 0 Å². The molecular formula is C11H16N2O5S. The van der Waals surface area contributed by atoms with Gasteiger partial charge in [-0.25, -0.2) is 8.42 Å². The Kier molecular flexibility index (Phi) is 4.20. The molecule has 1 aliphatic heterocycles. The summed E-state index contributed by atoms with van der Waals surface area (Å²) in [5.41, 5.74) is 0. The molecule has 1 aromatic heterocycles. The number of methoxy groups -OCH3 is 1. The number of amides is 1. The maximum atomic E-state index is 12.3. The van der Waals surface area contributed by atoms with Crippen LogP contribution >= 0.6 is 0 Å². The van der Waals surface area contributed by atoms with Crippen molar-refractivity contribution >= 4 is 15.7 Å². The zero-order valence-corrected chi connectivity index (χ0v) is 11.4. The van der Waals surface area contributed by atoms with Gasteiger partial charge in [-0.15, -0.1) is 0 Å². The van der Waals surface area contributed by atoms with Gasteiger partial charge >= 0.3 is 0 Å². The fourth-order valence-corrected chi connectivity index (χ4v) is 3.86. The molecule has 7 nitrogen and oxygen atoms in total. The lowest BCUT2D eigenvalue weighted by Crippen LogP contribution is -2.42. The third-order valence-corrected chi connectivity index (χ3v) is 4.85. The first-order chi connectivity index (χ1) is 9.03. The molecule has 106 valence electrons. The van der Waals surface area contributed by atoms with E-state index in [9.17, 15) is 13.2 Å². The first-order valence-electron chi connectivity index (χ1n) is 5.94. The van der Waals surface area contributed by atoms with E-state index in [0.29, 0.717) is 19.6 Å². The molecule has 0 aliphatic carbocycles. The highest BCUT2D eigenvalue weighted by Crippen LogP contribution is 2.19. The summed E-state index contributed by atoms with van der Waals surface area (Å²) < 4.78 is 32.8. The van der Waals surface area contributed by atoms with Crippen LogP contribution in [0, 0.1) is 0 Å². The van der Waals surface area contributed by atoms with E-state index < -0.39 is 9.84 Å². The highest BCUT2D eigenvalue weighted by molar-refractivity contribution is 7.91. The maximum absolute atomic E-state index is 12.3. The Labute approximate surface area is 111 Å². The van der Waals surface area contributed by atoms with Crippen molar-refractivity contribution in [3.8, 4) is 0 Å². The number of hydrogen-bond acceptors (Lipinski definition) is 6. The summed E-state index contributed by atoms with van der Waals surface area (Å²) in [7, 11) is -1.52. The average Bonchev–Trinajstić information content (AvgIpc) is 2.99. The first kappa shape index (κ1) is 14.0. The smallest absolute Gasteiger partial charge is 0.292 e. The lowest BCUT2D eigenvalue weighted by Gasteiger charge is -2.26. The summed E-state index contributed by atoms with van der Waals surface area (Å²) in [6.45, 7) is 0.673. The van der Waals surface area contributed by atoms with Gasteiger partial charge in [-0.3, -0.25) is 4.79 Å². The Morgan fingerprint density at radius 3 is 2.95 bits per heavy atom. The summed E-state index contributed by atoms with van der Waals surface area (Å²) in [5, 5.41) is 3.49. The van der Waals surface area contributed by atoms with E-state index in [4.69, 9.17) is 9.26 Å². The Morgan fingerprint density at radius 1 is 1.63 bits per heavy atom. The summed E-state index contributed by atoms with van der Waals surface area (Å²) in [5.74, 6) is -0.126. The fraction of sp³-hybridized carbons (Fsp3) is 0.636. The minimum absolute atomic E-state index is 0.00338. The van der Waals surface area contributed by atoms with Gasteiger partial charge in [0, 0.05) is 25.8 Å². The maximum Gasteiger partial charge on any atom is 0.292 e. The molecule has 0 N–H and O–H groups in total. The molecule has 1 saturated heterocycles. The Hall–Kier alpha value is -1.41. The topological polar surface area (TPSA) is 89.7 Å². The zero-order chi connectivity index (χ0) is 13.9. The van der Waals surface area contributed by atoms with E-state index in [1.54, 1.807) is 0 Å². The molecule has 1 aromatic rings. The van der Waals surface area contributed by atoms with Crippen LogP contribution < -0.4 is 0 Å². The number of carbonyl (C=O) groups is 1. The number of nitrogens with zero attached hydrogens (tertiary/aromatic N) is 2. The molecular weight excluding hydrogens is 272 g/mol. The van der Waals surface area contributed by atoms with Gasteiger partial charge < -0.3 is 14.2 Å². The average molecular weight is 288 g/mol. The number of sulfone groups is 1. The van der Waals surface area contributed by atoms with Crippen molar-refractivity contribution in [3.63, 3.8) is 0 Å². The van der Waals surface area contributed by atoms with Crippen LogP contribution in [0.2, 0.25) is 0 Å². The second kappa shape index (κ2) is 5.70. The Morgan fingerprint density at radius 2 is 2.42 bits per heavy atom. The van der Waals surface area contributed by atoms with Gasteiger partial charge in [0.05, 0.1) is 24.3 Å². The largest absolute Gasteiger partial charge is 0.383 e. The Bertz CT molecular complexity index is 525. The predicted octanol–water partition coefficient (Wildman–Crippen LogP) is -0.0497. The van der Waals surface area contributed by atoms with Crippen LogP contribution in [0.15, 0.2) is 16.8 Å². The van der Waals surface area contributed by atoms with Crippen LogP contribution in [-0.2, 0) is 14.6 Å². The van der Waals surface area contributed by atoms with Gasteiger partial charge in [0.2, 0.25) is 5.76 Å². The molecule has 1 aliphatic rings. The van der Waals surface area contributed by atoms with Crippen LogP contribution in [0.3, 0.4) is 0 Å². The van der Waals surface area contributed by atoms with Crippen LogP contribution in [0.1, 0.15) is 17.0 Å². The standard InChI is InChI=1S/C11H16N2O5S/c1-17-6-5-13(9-3-7-19(15,16)8-9)11(14)10-2-4-12-18-10/h2,4,9H,3,5-8H2,1H3. The van der Waals surface area contributed by atoms with E-state index in [-0.39, 0.29) is 29.2 Å². The molecule has 0 radical (unpaired) electrons.